The van der Waals surface area contributed by atoms with E-state index in [9.17, 15) is 0 Å². The molecule has 0 N–H and O–H groups in total. The summed E-state index contributed by atoms with van der Waals surface area (Å²) in [6.07, 6.45) is 9.96. The van der Waals surface area contributed by atoms with E-state index in [1.54, 1.807) is 14.2 Å². The molecule has 10 nitrogen and oxygen atoms in total. The maximum absolute atomic E-state index is 7.63. The van der Waals surface area contributed by atoms with E-state index in [0.717, 1.165) is 116 Å². The van der Waals surface area contributed by atoms with Gasteiger partial charge in [-0.05, 0) is 145 Å². The Bertz CT molecular complexity index is 2960. The number of rotatable bonds is 14. The van der Waals surface area contributed by atoms with Crippen LogP contribution < -0.4 is 18.9 Å². The highest BCUT2D eigenvalue weighted by molar-refractivity contribution is 6.00. The molecule has 10 heteroatoms. The molecule has 6 saturated heterocycles. The number of fused-ring (bicyclic) bond motifs is 9. The summed E-state index contributed by atoms with van der Waals surface area (Å²) in [7, 11) is 3.44. The highest BCUT2D eigenvalue weighted by atomic mass is 16.5. The summed E-state index contributed by atoms with van der Waals surface area (Å²) >= 11 is 0. The van der Waals surface area contributed by atoms with Gasteiger partial charge in [-0.3, -0.25) is 19.8 Å². The predicted octanol–water partition coefficient (Wildman–Crippen LogP) is 12.6. The van der Waals surface area contributed by atoms with Gasteiger partial charge in [-0.15, -0.1) is 10.2 Å². The third kappa shape index (κ3) is 8.08. The Labute approximate surface area is 411 Å². The van der Waals surface area contributed by atoms with Crippen LogP contribution in [0.2, 0.25) is 0 Å². The lowest BCUT2D eigenvalue weighted by molar-refractivity contribution is -0.0505. The first-order valence-electron chi connectivity index (χ1n) is 25.6. The van der Waals surface area contributed by atoms with Crippen molar-refractivity contribution in [2.45, 2.75) is 76.7 Å². The molecule has 70 heavy (non-hydrogen) atoms. The number of pyridine rings is 2. The van der Waals surface area contributed by atoms with Crippen molar-refractivity contribution in [1.82, 2.24) is 30.0 Å². The van der Waals surface area contributed by atoms with Crippen LogP contribution in [-0.4, -0.2) is 82.4 Å². The van der Waals surface area contributed by atoms with Crippen molar-refractivity contribution in [2.24, 2.45) is 23.7 Å². The van der Waals surface area contributed by atoms with E-state index in [1.807, 2.05) is 36.7 Å². The molecule has 9 heterocycles. The molecule has 0 aliphatic carbocycles. The molecular formula is C60H62N6O4. The zero-order valence-corrected chi connectivity index (χ0v) is 40.7. The van der Waals surface area contributed by atoms with Gasteiger partial charge in [-0.1, -0.05) is 87.4 Å². The molecule has 356 valence electrons. The molecule has 6 fully saturated rings. The molecule has 0 spiro atoms. The quantitative estimate of drug-likeness (QED) is 0.105. The fraction of sp³-hybridized carbons (Fsp3) is 0.367. The Morgan fingerprint density at radius 1 is 0.529 bits per heavy atom. The van der Waals surface area contributed by atoms with Crippen LogP contribution in [0.4, 0.5) is 0 Å². The van der Waals surface area contributed by atoms with Gasteiger partial charge in [0, 0.05) is 47.4 Å². The molecule has 0 amide bonds. The van der Waals surface area contributed by atoms with Crippen molar-refractivity contribution in [3.05, 3.63) is 145 Å². The Kier molecular flexibility index (Phi) is 12.1. The maximum atomic E-state index is 7.63. The molecule has 2 unspecified atom stereocenters. The second-order valence-corrected chi connectivity index (χ2v) is 20.2. The molecule has 0 radical (unpaired) electrons. The minimum absolute atomic E-state index is 0.118. The van der Waals surface area contributed by atoms with E-state index in [1.165, 1.54) is 25.7 Å². The fourth-order valence-electron chi connectivity index (χ4n) is 12.9. The number of aromatic nitrogens is 4. The monoisotopic (exact) mass is 930 g/mol. The smallest absolute Gasteiger partial charge is 0.242 e. The molecule has 8 aromatic rings. The average molecular weight is 931 g/mol. The van der Waals surface area contributed by atoms with Gasteiger partial charge in [0.15, 0.2) is 0 Å². The van der Waals surface area contributed by atoms with Crippen LogP contribution in [0.25, 0.3) is 54.8 Å². The van der Waals surface area contributed by atoms with Crippen LogP contribution in [0.1, 0.15) is 75.7 Å². The van der Waals surface area contributed by atoms with Gasteiger partial charge < -0.3 is 18.9 Å². The van der Waals surface area contributed by atoms with E-state index in [2.05, 4.69) is 121 Å². The van der Waals surface area contributed by atoms with Crippen LogP contribution in [0.3, 0.4) is 0 Å². The largest absolute Gasteiger partial charge is 0.497 e. The van der Waals surface area contributed by atoms with Crippen LogP contribution in [0.15, 0.2) is 134 Å². The molecule has 14 rings (SSSR count). The number of hydrogen-bond acceptors (Lipinski definition) is 10. The average Bonchev–Trinajstić information content (AvgIpc) is 3.43. The predicted molar refractivity (Wildman–Crippen MR) is 277 cm³/mol. The maximum Gasteiger partial charge on any atom is 0.242 e. The molecule has 6 aliphatic rings. The lowest BCUT2D eigenvalue weighted by atomic mass is 9.72. The van der Waals surface area contributed by atoms with Gasteiger partial charge in [-0.25, -0.2) is 0 Å². The molecule has 5 aromatic carbocycles. The standard InChI is InChI=1S/C60H62N6O4/c1-5-37-35-65-27-23-41(37)29-55(65)57(45-21-25-61-53-19-17-43(67-3)31-49(45)53)69-59-51-33-47(39-13-9-7-10-14-39)48(40-15-11-8-12-16-40)34-52(51)60(64-63-59)70-58(56-30-42-24-28-66(56)36-38(42)6-2)46-22-26-62-54-20-18-44(68-4)32-50(46)54/h7-22,25-26,31-34,37-38,41-42,55-58H,5-6,23-24,27-30,35-36H2,1-4H3/t37-,38-,41-,42-,55+,56+,57-,58-/m0/s1. The molecule has 0 saturated carbocycles. The Balaban J connectivity index is 1.06. The lowest BCUT2D eigenvalue weighted by Crippen LogP contribution is -2.56. The normalized spacial score (nSPS) is 24.7. The van der Waals surface area contributed by atoms with Crippen LogP contribution in [0.5, 0.6) is 23.3 Å². The van der Waals surface area contributed by atoms with Crippen molar-refractivity contribution in [2.75, 3.05) is 40.4 Å². The fourth-order valence-corrected chi connectivity index (χ4v) is 12.9. The number of piperidine rings is 6. The van der Waals surface area contributed by atoms with Crippen LogP contribution >= 0.6 is 0 Å². The Hall–Kier alpha value is -6.62. The van der Waals surface area contributed by atoms with Crippen LogP contribution in [0, 0.1) is 23.7 Å². The lowest BCUT2D eigenvalue weighted by Gasteiger charge is -2.52. The van der Waals surface area contributed by atoms with Gasteiger partial charge in [0.25, 0.3) is 0 Å². The summed E-state index contributed by atoms with van der Waals surface area (Å²) in [6.45, 7) is 8.90. The van der Waals surface area contributed by atoms with Crippen LogP contribution in [-0.2, 0) is 0 Å². The van der Waals surface area contributed by atoms with Gasteiger partial charge in [0.1, 0.15) is 23.7 Å². The summed E-state index contributed by atoms with van der Waals surface area (Å²) in [5.74, 6) is 5.14. The molecule has 10 atom stereocenters. The van der Waals surface area contributed by atoms with Gasteiger partial charge in [0.2, 0.25) is 11.8 Å². The number of ether oxygens (including phenoxy) is 4. The van der Waals surface area contributed by atoms with Crippen molar-refractivity contribution in [1.29, 1.82) is 0 Å². The second kappa shape index (κ2) is 18.9. The molecule has 3 aromatic heterocycles. The topological polar surface area (TPSA) is 95.0 Å². The van der Waals surface area contributed by atoms with Crippen molar-refractivity contribution < 1.29 is 18.9 Å². The highest BCUT2D eigenvalue weighted by Gasteiger charge is 2.46. The van der Waals surface area contributed by atoms with Gasteiger partial charge in [-0.2, -0.15) is 0 Å². The first-order valence-corrected chi connectivity index (χ1v) is 25.6. The number of benzene rings is 5. The zero-order chi connectivity index (χ0) is 47.3. The zero-order valence-electron chi connectivity index (χ0n) is 40.7. The van der Waals surface area contributed by atoms with E-state index in [4.69, 9.17) is 39.1 Å². The number of methoxy groups -OCH3 is 2. The van der Waals surface area contributed by atoms with Gasteiger partial charge >= 0.3 is 0 Å². The van der Waals surface area contributed by atoms with Crippen molar-refractivity contribution >= 4 is 32.6 Å². The van der Waals surface area contributed by atoms with E-state index >= 15 is 0 Å². The summed E-state index contributed by atoms with van der Waals surface area (Å²) in [5, 5.41) is 14.1. The van der Waals surface area contributed by atoms with Gasteiger partial charge in [0.05, 0.1) is 48.1 Å². The summed E-state index contributed by atoms with van der Waals surface area (Å²) < 4.78 is 26.9. The Morgan fingerprint density at radius 2 is 0.971 bits per heavy atom. The summed E-state index contributed by atoms with van der Waals surface area (Å²) in [6, 6.07) is 42.6. The highest BCUT2D eigenvalue weighted by Crippen LogP contribution is 2.49. The first kappa shape index (κ1) is 44.6. The van der Waals surface area contributed by atoms with E-state index < -0.39 is 0 Å². The summed E-state index contributed by atoms with van der Waals surface area (Å²) in [4.78, 5) is 15.0. The molecule has 6 aliphatic heterocycles. The Morgan fingerprint density at radius 3 is 1.36 bits per heavy atom. The number of nitrogens with zero attached hydrogens (tertiary/aromatic N) is 6. The molecular weight excluding hydrogens is 869 g/mol. The first-order chi connectivity index (χ1) is 34.5. The van der Waals surface area contributed by atoms with E-state index in [0.29, 0.717) is 35.4 Å². The van der Waals surface area contributed by atoms with E-state index in [-0.39, 0.29) is 24.3 Å². The second-order valence-electron chi connectivity index (χ2n) is 20.2. The minimum Gasteiger partial charge on any atom is -0.497 e. The molecule has 4 bridgehead atoms. The minimum atomic E-state index is -0.375. The van der Waals surface area contributed by atoms with Crippen molar-refractivity contribution in [3.63, 3.8) is 0 Å². The van der Waals surface area contributed by atoms with Crippen molar-refractivity contribution in [3.8, 4) is 45.5 Å². The summed E-state index contributed by atoms with van der Waals surface area (Å²) in [5.41, 5.74) is 8.30. The third-order valence-electron chi connectivity index (χ3n) is 16.7. The number of hydrogen-bond donors (Lipinski definition) is 0. The third-order valence-corrected chi connectivity index (χ3v) is 16.7. The SMILES string of the molecule is CC[C@H]1CN2CC[C@H]1C[C@@H]2[C@@H](Oc1nnc(O[C@@H](c2ccnc3ccc(OC)cc23)[C@H]2C[C@@H]3CCN2C[C@@H]3CC)c2cc(-c3ccccc3)c(-c3ccccc3)cc12)c1ccnc2ccc(OC)cc12.